The molecule has 2 N–H and O–H groups in total. The Balaban J connectivity index is 2.28. The third-order valence-corrected chi connectivity index (χ3v) is 3.44. The maximum atomic E-state index is 13.7. The third-order valence-electron chi connectivity index (χ3n) is 2.91. The Bertz CT molecular complexity index is 646. The van der Waals surface area contributed by atoms with Crippen LogP contribution in [0.4, 0.5) is 10.1 Å². The van der Waals surface area contributed by atoms with E-state index in [0.717, 1.165) is 10.5 Å². The molecule has 0 heterocycles. The van der Waals surface area contributed by atoms with E-state index in [1.54, 1.807) is 24.3 Å². The van der Waals surface area contributed by atoms with E-state index in [9.17, 15) is 14.3 Å². The van der Waals surface area contributed by atoms with E-state index in [2.05, 4.69) is 21.2 Å². The minimum absolute atomic E-state index is 0.0755. The van der Waals surface area contributed by atoms with Crippen LogP contribution in [0.25, 0.3) is 0 Å². The van der Waals surface area contributed by atoms with E-state index in [1.807, 2.05) is 0 Å². The first-order chi connectivity index (χ1) is 10.0. The van der Waals surface area contributed by atoms with Crippen LogP contribution in [0.15, 0.2) is 46.9 Å². The Hall–Kier alpha value is -2.08. The van der Waals surface area contributed by atoms with E-state index in [0.29, 0.717) is 11.3 Å². The highest BCUT2D eigenvalue weighted by Gasteiger charge is 2.21. The third kappa shape index (κ3) is 3.72. The lowest BCUT2D eigenvalue weighted by Crippen LogP contribution is -2.20. The van der Waals surface area contributed by atoms with Gasteiger partial charge in [-0.25, -0.2) is 9.18 Å². The Kier molecular flexibility index (Phi) is 4.80. The van der Waals surface area contributed by atoms with Crippen molar-refractivity contribution in [1.82, 2.24) is 0 Å². The van der Waals surface area contributed by atoms with Crippen LogP contribution >= 0.6 is 15.9 Å². The maximum absolute atomic E-state index is 13.7. The van der Waals surface area contributed by atoms with Crippen molar-refractivity contribution in [3.05, 3.63) is 58.3 Å². The predicted octanol–water partition coefficient (Wildman–Crippen LogP) is 3.83. The summed E-state index contributed by atoms with van der Waals surface area (Å²) in [5.41, 5.74) is 0.936. The monoisotopic (exact) mass is 353 g/mol. The van der Waals surface area contributed by atoms with Crippen molar-refractivity contribution in [2.75, 3.05) is 12.4 Å². The van der Waals surface area contributed by atoms with Crippen molar-refractivity contribution >= 4 is 27.6 Å². The molecule has 0 spiro atoms. The predicted molar refractivity (Wildman–Crippen MR) is 81.1 cm³/mol. The number of anilines is 1. The van der Waals surface area contributed by atoms with Gasteiger partial charge in [0.1, 0.15) is 0 Å². The van der Waals surface area contributed by atoms with Crippen LogP contribution in [0.1, 0.15) is 11.6 Å². The summed E-state index contributed by atoms with van der Waals surface area (Å²) in [4.78, 5) is 11.4. The molecule has 0 amide bonds. The number of hydrogen-bond acceptors (Lipinski definition) is 3. The molecule has 0 aliphatic heterocycles. The van der Waals surface area contributed by atoms with Crippen molar-refractivity contribution in [1.29, 1.82) is 0 Å². The standard InChI is InChI=1S/C15H13BrFNO3/c1-21-13-7-2-9(8-12(13)17)14(15(19)20)18-11-5-3-10(16)4-6-11/h2-8,14,18H,1H3,(H,19,20). The fraction of sp³-hybridized carbons (Fsp3) is 0.133. The smallest absolute Gasteiger partial charge is 0.330 e. The van der Waals surface area contributed by atoms with Crippen molar-refractivity contribution in [3.63, 3.8) is 0 Å². The molecule has 2 aromatic carbocycles. The van der Waals surface area contributed by atoms with Gasteiger partial charge >= 0.3 is 5.97 Å². The average molecular weight is 354 g/mol. The summed E-state index contributed by atoms with van der Waals surface area (Å²) in [5, 5.41) is 12.2. The van der Waals surface area contributed by atoms with Gasteiger partial charge in [-0.05, 0) is 42.0 Å². The fourth-order valence-corrected chi connectivity index (χ4v) is 2.13. The van der Waals surface area contributed by atoms with Crippen molar-refractivity contribution in [3.8, 4) is 5.75 Å². The number of nitrogens with one attached hydrogen (secondary N) is 1. The van der Waals surface area contributed by atoms with Gasteiger partial charge in [0.05, 0.1) is 7.11 Å². The molecule has 0 saturated carbocycles. The molecule has 110 valence electrons. The van der Waals surface area contributed by atoms with E-state index in [1.165, 1.54) is 19.2 Å². The van der Waals surface area contributed by atoms with Gasteiger partial charge in [-0.15, -0.1) is 0 Å². The van der Waals surface area contributed by atoms with E-state index >= 15 is 0 Å². The number of methoxy groups -OCH3 is 1. The normalized spacial score (nSPS) is 11.8. The Morgan fingerprint density at radius 1 is 1.29 bits per heavy atom. The molecule has 0 aliphatic carbocycles. The lowest BCUT2D eigenvalue weighted by atomic mass is 10.1. The van der Waals surface area contributed by atoms with Gasteiger partial charge in [-0.1, -0.05) is 22.0 Å². The van der Waals surface area contributed by atoms with Gasteiger partial charge in [0.15, 0.2) is 17.6 Å². The van der Waals surface area contributed by atoms with Crippen molar-refractivity contribution < 1.29 is 19.0 Å². The molecule has 1 unspecified atom stereocenters. The molecule has 4 nitrogen and oxygen atoms in total. The molecule has 6 heteroatoms. The quantitative estimate of drug-likeness (QED) is 0.857. The summed E-state index contributed by atoms with van der Waals surface area (Å²) < 4.78 is 19.4. The Morgan fingerprint density at radius 3 is 2.48 bits per heavy atom. The summed E-state index contributed by atoms with van der Waals surface area (Å²) in [6, 6.07) is 10.1. The highest BCUT2D eigenvalue weighted by Crippen LogP contribution is 2.25. The summed E-state index contributed by atoms with van der Waals surface area (Å²) in [6.07, 6.45) is 0. The zero-order chi connectivity index (χ0) is 15.4. The highest BCUT2D eigenvalue weighted by molar-refractivity contribution is 9.10. The molecule has 0 saturated heterocycles. The average Bonchev–Trinajstić information content (AvgIpc) is 2.46. The second-order valence-electron chi connectivity index (χ2n) is 4.32. The molecule has 0 aromatic heterocycles. The minimum atomic E-state index is -1.09. The number of carboxylic acids is 1. The maximum Gasteiger partial charge on any atom is 0.330 e. The Labute approximate surface area is 129 Å². The topological polar surface area (TPSA) is 58.6 Å². The number of aliphatic carboxylic acids is 1. The minimum Gasteiger partial charge on any atom is -0.494 e. The van der Waals surface area contributed by atoms with E-state index in [-0.39, 0.29) is 5.75 Å². The van der Waals surface area contributed by atoms with Gasteiger partial charge < -0.3 is 15.2 Å². The van der Waals surface area contributed by atoms with Gasteiger partial charge in [-0.3, -0.25) is 0 Å². The van der Waals surface area contributed by atoms with Crippen molar-refractivity contribution in [2.24, 2.45) is 0 Å². The van der Waals surface area contributed by atoms with Crippen LogP contribution < -0.4 is 10.1 Å². The van der Waals surface area contributed by atoms with E-state index < -0.39 is 17.8 Å². The fourth-order valence-electron chi connectivity index (χ4n) is 1.86. The van der Waals surface area contributed by atoms with Crippen LogP contribution in [-0.2, 0) is 4.79 Å². The molecular weight excluding hydrogens is 341 g/mol. The Morgan fingerprint density at radius 2 is 1.95 bits per heavy atom. The molecule has 21 heavy (non-hydrogen) atoms. The molecule has 2 rings (SSSR count). The largest absolute Gasteiger partial charge is 0.494 e. The van der Waals surface area contributed by atoms with Gasteiger partial charge in [0, 0.05) is 10.2 Å². The number of hydrogen-bond donors (Lipinski definition) is 2. The van der Waals surface area contributed by atoms with Crippen LogP contribution in [0, 0.1) is 5.82 Å². The van der Waals surface area contributed by atoms with Gasteiger partial charge in [0.2, 0.25) is 0 Å². The zero-order valence-electron chi connectivity index (χ0n) is 11.1. The number of carboxylic acid groups (broad SMARTS) is 1. The van der Waals surface area contributed by atoms with Gasteiger partial charge in [-0.2, -0.15) is 0 Å². The van der Waals surface area contributed by atoms with Crippen LogP contribution in [0.3, 0.4) is 0 Å². The SMILES string of the molecule is COc1ccc(C(Nc2ccc(Br)cc2)C(=O)O)cc1F. The molecule has 0 fully saturated rings. The highest BCUT2D eigenvalue weighted by atomic mass is 79.9. The number of rotatable bonds is 5. The molecule has 2 aromatic rings. The first-order valence-electron chi connectivity index (χ1n) is 6.09. The summed E-state index contributed by atoms with van der Waals surface area (Å²) in [6.45, 7) is 0. The second-order valence-corrected chi connectivity index (χ2v) is 5.23. The summed E-state index contributed by atoms with van der Waals surface area (Å²) in [5.74, 6) is -1.62. The number of ether oxygens (including phenoxy) is 1. The van der Waals surface area contributed by atoms with Crippen LogP contribution in [-0.4, -0.2) is 18.2 Å². The first-order valence-corrected chi connectivity index (χ1v) is 6.89. The first kappa shape index (κ1) is 15.3. The van der Waals surface area contributed by atoms with E-state index in [4.69, 9.17) is 4.74 Å². The molecule has 0 radical (unpaired) electrons. The van der Waals surface area contributed by atoms with Gasteiger partial charge in [0.25, 0.3) is 0 Å². The zero-order valence-corrected chi connectivity index (χ0v) is 12.7. The number of carbonyl (C=O) groups is 1. The lowest BCUT2D eigenvalue weighted by Gasteiger charge is -2.17. The molecular formula is C15H13BrFNO3. The summed E-state index contributed by atoms with van der Waals surface area (Å²) in [7, 11) is 1.35. The molecule has 1 atom stereocenters. The van der Waals surface area contributed by atoms with Crippen LogP contribution in [0.2, 0.25) is 0 Å². The summed E-state index contributed by atoms with van der Waals surface area (Å²) >= 11 is 3.30. The van der Waals surface area contributed by atoms with Crippen molar-refractivity contribution in [2.45, 2.75) is 6.04 Å². The number of benzene rings is 2. The van der Waals surface area contributed by atoms with Crippen LogP contribution in [0.5, 0.6) is 5.75 Å². The molecule has 0 aliphatic rings. The lowest BCUT2D eigenvalue weighted by molar-refractivity contribution is -0.138. The second kappa shape index (κ2) is 6.58. The molecule has 0 bridgehead atoms. The number of halogens is 2.